The minimum absolute atomic E-state index is 0.0334. The first-order chi connectivity index (χ1) is 11.9. The summed E-state index contributed by atoms with van der Waals surface area (Å²) >= 11 is 0. The lowest BCUT2D eigenvalue weighted by atomic mass is 9.94. The second-order valence-electron chi connectivity index (χ2n) is 5.86. The Kier molecular flexibility index (Phi) is 3.31. The minimum atomic E-state index is -4.52. The summed E-state index contributed by atoms with van der Waals surface area (Å²) in [6.45, 7) is 3.77. The molecule has 5 nitrogen and oxygen atoms in total. The molecule has 0 radical (unpaired) electrons. The molecule has 3 aromatic heterocycles. The van der Waals surface area contributed by atoms with Crippen molar-refractivity contribution in [2.75, 3.05) is 0 Å². The van der Waals surface area contributed by atoms with Crippen molar-refractivity contribution in [3.8, 4) is 11.3 Å². The van der Waals surface area contributed by atoms with Gasteiger partial charge in [0.25, 0.3) is 0 Å². The molecule has 0 aliphatic rings. The summed E-state index contributed by atoms with van der Waals surface area (Å²) in [6.07, 6.45) is -0.951. The smallest absolute Gasteiger partial charge is 0.278 e. The van der Waals surface area contributed by atoms with Crippen LogP contribution in [0.5, 0.6) is 0 Å². The number of nitrogens with zero attached hydrogens (tertiary/aromatic N) is 3. The number of benzene rings is 1. The van der Waals surface area contributed by atoms with Gasteiger partial charge < -0.3 is 0 Å². The molecule has 25 heavy (non-hydrogen) atoms. The van der Waals surface area contributed by atoms with E-state index in [1.54, 1.807) is 19.2 Å². The molecule has 0 bridgehead atoms. The predicted molar refractivity (Wildman–Crippen MR) is 88.1 cm³/mol. The van der Waals surface area contributed by atoms with Gasteiger partial charge in [-0.3, -0.25) is 10.2 Å². The maximum absolute atomic E-state index is 13.3. The lowest BCUT2D eigenvalue weighted by Crippen LogP contribution is -2.08. The third-order valence-corrected chi connectivity index (χ3v) is 4.48. The topological polar surface area (TPSA) is 70.2 Å². The molecule has 0 amide bonds. The summed E-state index contributed by atoms with van der Waals surface area (Å²) in [5.41, 5.74) is 2.57. The molecule has 0 unspecified atom stereocenters. The summed E-state index contributed by atoms with van der Waals surface area (Å²) < 4.78 is 39.8. The standard InChI is InChI=1S/C17H14F3N5/c1-3-9-8(2)15(11-7-22-25-16(11)17(18,19)20)23-13-5-4-12-10(14(9)13)6-21-24-12/h4-7H,3H2,1-2H3,(H,21,24)(H,22,25). The molecule has 4 rings (SSSR count). The van der Waals surface area contributed by atoms with Gasteiger partial charge in [-0.15, -0.1) is 0 Å². The fraction of sp³-hybridized carbons (Fsp3) is 0.235. The molecule has 0 aliphatic carbocycles. The quantitative estimate of drug-likeness (QED) is 0.566. The molecule has 3 heterocycles. The lowest BCUT2D eigenvalue weighted by molar-refractivity contribution is -0.140. The lowest BCUT2D eigenvalue weighted by Gasteiger charge is -2.15. The Bertz CT molecular complexity index is 1090. The van der Waals surface area contributed by atoms with Crippen LogP contribution in [0.25, 0.3) is 33.1 Å². The molecular formula is C17H14F3N5. The van der Waals surface area contributed by atoms with Crippen LogP contribution in [0.4, 0.5) is 13.2 Å². The number of nitrogens with one attached hydrogen (secondary N) is 2. The first-order valence-corrected chi connectivity index (χ1v) is 7.78. The summed E-state index contributed by atoms with van der Waals surface area (Å²) in [6, 6.07) is 3.63. The van der Waals surface area contributed by atoms with Crippen LogP contribution < -0.4 is 0 Å². The first kappa shape index (κ1) is 15.6. The Morgan fingerprint density at radius 2 is 1.84 bits per heavy atom. The Hall–Kier alpha value is -2.90. The Morgan fingerprint density at radius 1 is 1.08 bits per heavy atom. The number of halogens is 3. The summed E-state index contributed by atoms with van der Waals surface area (Å²) in [5, 5.41) is 14.4. The number of aromatic nitrogens is 5. The third-order valence-electron chi connectivity index (χ3n) is 4.48. The molecule has 0 aliphatic heterocycles. The van der Waals surface area contributed by atoms with Gasteiger partial charge in [-0.05, 0) is 36.6 Å². The van der Waals surface area contributed by atoms with Crippen molar-refractivity contribution < 1.29 is 13.2 Å². The van der Waals surface area contributed by atoms with Gasteiger partial charge in [0.15, 0.2) is 0 Å². The Morgan fingerprint density at radius 3 is 2.56 bits per heavy atom. The van der Waals surface area contributed by atoms with Crippen LogP contribution in [-0.2, 0) is 12.6 Å². The van der Waals surface area contributed by atoms with Crippen LogP contribution in [0.2, 0.25) is 0 Å². The van der Waals surface area contributed by atoms with Crippen LogP contribution in [0.1, 0.15) is 23.7 Å². The van der Waals surface area contributed by atoms with Crippen LogP contribution >= 0.6 is 0 Å². The number of H-pyrrole nitrogens is 2. The molecule has 4 aromatic rings. The first-order valence-electron chi connectivity index (χ1n) is 7.78. The maximum Gasteiger partial charge on any atom is 0.433 e. The molecule has 2 N–H and O–H groups in total. The van der Waals surface area contributed by atoms with E-state index in [-0.39, 0.29) is 5.56 Å². The number of alkyl halides is 3. The van der Waals surface area contributed by atoms with Crippen molar-refractivity contribution in [2.45, 2.75) is 26.4 Å². The molecule has 128 valence electrons. The summed E-state index contributed by atoms with van der Waals surface area (Å²) in [5.74, 6) is 0. The number of fused-ring (bicyclic) bond motifs is 3. The van der Waals surface area contributed by atoms with E-state index >= 15 is 0 Å². The normalized spacial score (nSPS) is 12.4. The van der Waals surface area contributed by atoms with Crippen molar-refractivity contribution in [3.63, 3.8) is 0 Å². The van der Waals surface area contributed by atoms with Crippen LogP contribution in [0.3, 0.4) is 0 Å². The summed E-state index contributed by atoms with van der Waals surface area (Å²) in [7, 11) is 0. The van der Waals surface area contributed by atoms with Gasteiger partial charge in [-0.25, -0.2) is 4.98 Å². The van der Waals surface area contributed by atoms with E-state index in [4.69, 9.17) is 0 Å². The van der Waals surface area contributed by atoms with Crippen molar-refractivity contribution in [1.82, 2.24) is 25.4 Å². The van der Waals surface area contributed by atoms with Gasteiger partial charge in [-0.2, -0.15) is 23.4 Å². The number of aryl methyl sites for hydroxylation is 1. The van der Waals surface area contributed by atoms with Gasteiger partial charge in [0, 0.05) is 10.8 Å². The zero-order valence-electron chi connectivity index (χ0n) is 13.5. The van der Waals surface area contributed by atoms with E-state index in [0.29, 0.717) is 17.6 Å². The molecule has 0 saturated heterocycles. The molecule has 0 spiro atoms. The maximum atomic E-state index is 13.3. The van der Waals surface area contributed by atoms with Crippen LogP contribution in [0.15, 0.2) is 24.5 Å². The average Bonchev–Trinajstić information content (AvgIpc) is 3.22. The summed E-state index contributed by atoms with van der Waals surface area (Å²) in [4.78, 5) is 4.53. The van der Waals surface area contributed by atoms with E-state index in [1.807, 2.05) is 13.0 Å². The fourth-order valence-corrected chi connectivity index (χ4v) is 3.34. The Balaban J connectivity index is 2.09. The highest BCUT2D eigenvalue weighted by Crippen LogP contribution is 2.39. The van der Waals surface area contributed by atoms with E-state index in [2.05, 4.69) is 25.4 Å². The van der Waals surface area contributed by atoms with Gasteiger partial charge in [0.1, 0.15) is 5.69 Å². The number of pyridine rings is 1. The van der Waals surface area contributed by atoms with Gasteiger partial charge >= 0.3 is 6.18 Å². The molecule has 1 aromatic carbocycles. The molecule has 0 fully saturated rings. The van der Waals surface area contributed by atoms with Gasteiger partial charge in [0.2, 0.25) is 0 Å². The van der Waals surface area contributed by atoms with E-state index in [1.165, 1.54) is 6.20 Å². The SMILES string of the molecule is CCc1c(C)c(-c2cn[nH]c2C(F)(F)F)nc2ccc3[nH]ncc3c12. The highest BCUT2D eigenvalue weighted by atomic mass is 19.4. The van der Waals surface area contributed by atoms with E-state index in [0.717, 1.165) is 27.4 Å². The van der Waals surface area contributed by atoms with Gasteiger partial charge in [0.05, 0.1) is 34.7 Å². The monoisotopic (exact) mass is 345 g/mol. The van der Waals surface area contributed by atoms with E-state index in [9.17, 15) is 13.2 Å². The number of hydrogen-bond acceptors (Lipinski definition) is 3. The highest BCUT2D eigenvalue weighted by Gasteiger charge is 2.37. The minimum Gasteiger partial charge on any atom is -0.278 e. The zero-order valence-corrected chi connectivity index (χ0v) is 13.5. The van der Waals surface area contributed by atoms with Crippen molar-refractivity contribution in [1.29, 1.82) is 0 Å². The second kappa shape index (κ2) is 5.30. The fourth-order valence-electron chi connectivity index (χ4n) is 3.34. The van der Waals surface area contributed by atoms with Gasteiger partial charge in [-0.1, -0.05) is 6.92 Å². The van der Waals surface area contributed by atoms with E-state index < -0.39 is 11.9 Å². The van der Waals surface area contributed by atoms with Crippen molar-refractivity contribution in [2.24, 2.45) is 0 Å². The van der Waals surface area contributed by atoms with Crippen molar-refractivity contribution >= 4 is 21.8 Å². The number of aromatic amines is 2. The largest absolute Gasteiger partial charge is 0.433 e. The molecule has 8 heteroatoms. The molecular weight excluding hydrogens is 331 g/mol. The number of rotatable bonds is 2. The average molecular weight is 345 g/mol. The second-order valence-corrected chi connectivity index (χ2v) is 5.86. The Labute approximate surface area is 140 Å². The van der Waals surface area contributed by atoms with Crippen LogP contribution in [0, 0.1) is 6.92 Å². The number of hydrogen-bond donors (Lipinski definition) is 2. The zero-order chi connectivity index (χ0) is 17.8. The third kappa shape index (κ3) is 2.28. The predicted octanol–water partition coefficient (Wildman–Crippen LogP) is 4.39. The molecule has 0 atom stereocenters. The van der Waals surface area contributed by atoms with Crippen molar-refractivity contribution in [3.05, 3.63) is 41.3 Å². The molecule has 0 saturated carbocycles. The van der Waals surface area contributed by atoms with Crippen LogP contribution in [-0.4, -0.2) is 25.4 Å². The highest BCUT2D eigenvalue weighted by molar-refractivity contribution is 6.07.